The van der Waals surface area contributed by atoms with E-state index in [0.29, 0.717) is 53.6 Å². The second-order valence-corrected chi connectivity index (χ2v) is 6.81. The van der Waals surface area contributed by atoms with Crippen LogP contribution in [0.3, 0.4) is 0 Å². The summed E-state index contributed by atoms with van der Waals surface area (Å²) < 4.78 is 50.6. The van der Waals surface area contributed by atoms with E-state index in [2.05, 4.69) is 0 Å². The first-order chi connectivity index (χ1) is 12.4. The lowest BCUT2D eigenvalue weighted by Crippen LogP contribution is -2.36. The Balaban J connectivity index is 1.84. The van der Waals surface area contributed by atoms with Crippen molar-refractivity contribution >= 4 is 27.5 Å². The summed E-state index contributed by atoms with van der Waals surface area (Å²) in [6.07, 6.45) is -4.43. The summed E-state index contributed by atoms with van der Waals surface area (Å²) in [5.74, 6) is 0.414. The van der Waals surface area contributed by atoms with Gasteiger partial charge in [-0.2, -0.15) is 13.2 Å². The van der Waals surface area contributed by atoms with E-state index in [-0.39, 0.29) is 5.43 Å². The van der Waals surface area contributed by atoms with Gasteiger partial charge in [0.2, 0.25) is 5.43 Å². The van der Waals surface area contributed by atoms with Crippen molar-refractivity contribution in [2.75, 3.05) is 31.2 Å². The van der Waals surface area contributed by atoms with Crippen molar-refractivity contribution in [1.29, 1.82) is 0 Å². The van der Waals surface area contributed by atoms with Gasteiger partial charge in [-0.05, 0) is 17.7 Å². The number of thiophene rings is 1. The minimum Gasteiger partial charge on any atom is -0.439 e. The summed E-state index contributed by atoms with van der Waals surface area (Å²) in [6.45, 7) is 2.26. The minimum atomic E-state index is -4.43. The molecule has 0 spiro atoms. The lowest BCUT2D eigenvalue weighted by molar-refractivity contribution is -0.137. The average Bonchev–Trinajstić information content (AvgIpc) is 3.06. The number of hydrogen-bond acceptors (Lipinski definition) is 5. The predicted octanol–water partition coefficient (Wildman–Crippen LogP) is 4.38. The zero-order valence-electron chi connectivity index (χ0n) is 13.5. The standard InChI is InChI=1S/C18H14F3NO3S/c19-18(20,21)12-3-1-2-11(8-12)13-10-26-17-14(23)9-15(25-16(13)17)22-4-6-24-7-5-22/h1-3,8-10H,4-7H2. The molecule has 1 aliphatic rings. The lowest BCUT2D eigenvalue weighted by Gasteiger charge is -2.27. The molecule has 4 rings (SSSR count). The Morgan fingerprint density at radius 1 is 1.12 bits per heavy atom. The molecular weight excluding hydrogens is 367 g/mol. The van der Waals surface area contributed by atoms with Crippen molar-refractivity contribution in [2.24, 2.45) is 0 Å². The molecule has 0 unspecified atom stereocenters. The van der Waals surface area contributed by atoms with Crippen LogP contribution in [0.5, 0.6) is 0 Å². The first-order valence-electron chi connectivity index (χ1n) is 7.99. The maximum absolute atomic E-state index is 13.0. The molecule has 0 saturated carbocycles. The predicted molar refractivity (Wildman–Crippen MR) is 93.8 cm³/mol. The number of alkyl halides is 3. The van der Waals surface area contributed by atoms with Crippen LogP contribution in [0.25, 0.3) is 21.4 Å². The molecule has 3 heterocycles. The van der Waals surface area contributed by atoms with Crippen molar-refractivity contribution in [3.63, 3.8) is 0 Å². The molecule has 0 radical (unpaired) electrons. The van der Waals surface area contributed by atoms with E-state index in [1.165, 1.54) is 23.5 Å². The fraction of sp³-hybridized carbons (Fsp3) is 0.278. The summed E-state index contributed by atoms with van der Waals surface area (Å²) in [4.78, 5) is 14.3. The Kier molecular flexibility index (Phi) is 4.24. The molecule has 1 saturated heterocycles. The molecule has 3 aromatic rings. The third kappa shape index (κ3) is 3.10. The molecule has 1 fully saturated rings. The number of morpholine rings is 1. The Morgan fingerprint density at radius 3 is 2.62 bits per heavy atom. The van der Waals surface area contributed by atoms with Gasteiger partial charge >= 0.3 is 6.18 Å². The zero-order valence-corrected chi connectivity index (χ0v) is 14.3. The molecule has 1 aliphatic heterocycles. The Bertz CT molecular complexity index is 1000. The molecule has 26 heavy (non-hydrogen) atoms. The fourth-order valence-corrected chi connectivity index (χ4v) is 3.84. The first-order valence-corrected chi connectivity index (χ1v) is 8.87. The van der Waals surface area contributed by atoms with Gasteiger partial charge in [0.1, 0.15) is 4.70 Å². The second-order valence-electron chi connectivity index (χ2n) is 5.93. The molecule has 0 N–H and O–H groups in total. The Morgan fingerprint density at radius 2 is 1.88 bits per heavy atom. The van der Waals surface area contributed by atoms with Crippen LogP contribution in [0, 0.1) is 0 Å². The third-order valence-electron chi connectivity index (χ3n) is 4.25. The number of nitrogens with zero attached hydrogens (tertiary/aromatic N) is 1. The highest BCUT2D eigenvalue weighted by Crippen LogP contribution is 2.37. The molecule has 0 atom stereocenters. The highest BCUT2D eigenvalue weighted by atomic mass is 32.1. The van der Waals surface area contributed by atoms with E-state index in [4.69, 9.17) is 9.15 Å². The van der Waals surface area contributed by atoms with Crippen LogP contribution in [0.15, 0.2) is 44.9 Å². The summed E-state index contributed by atoms with van der Waals surface area (Å²) in [5, 5.41) is 1.66. The summed E-state index contributed by atoms with van der Waals surface area (Å²) >= 11 is 1.17. The van der Waals surface area contributed by atoms with Crippen LogP contribution in [-0.2, 0) is 10.9 Å². The third-order valence-corrected chi connectivity index (χ3v) is 5.23. The SMILES string of the molecule is O=c1cc(N2CCOCC2)oc2c(-c3cccc(C(F)(F)F)c3)csc12. The van der Waals surface area contributed by atoms with Gasteiger partial charge < -0.3 is 14.1 Å². The number of hydrogen-bond donors (Lipinski definition) is 0. The maximum Gasteiger partial charge on any atom is 0.416 e. The van der Waals surface area contributed by atoms with E-state index in [1.54, 1.807) is 11.4 Å². The van der Waals surface area contributed by atoms with E-state index in [1.807, 2.05) is 4.90 Å². The molecule has 0 aliphatic carbocycles. The summed E-state index contributed by atoms with van der Waals surface area (Å²) in [7, 11) is 0. The van der Waals surface area contributed by atoms with Gasteiger partial charge in [-0.25, -0.2) is 0 Å². The average molecular weight is 381 g/mol. The van der Waals surface area contributed by atoms with Crippen molar-refractivity contribution in [2.45, 2.75) is 6.18 Å². The highest BCUT2D eigenvalue weighted by molar-refractivity contribution is 7.17. The van der Waals surface area contributed by atoms with Gasteiger partial charge in [-0.3, -0.25) is 4.79 Å². The van der Waals surface area contributed by atoms with E-state index in [9.17, 15) is 18.0 Å². The van der Waals surface area contributed by atoms with E-state index in [0.717, 1.165) is 12.1 Å². The smallest absolute Gasteiger partial charge is 0.416 e. The van der Waals surface area contributed by atoms with Gasteiger partial charge in [0.25, 0.3) is 0 Å². The lowest BCUT2D eigenvalue weighted by atomic mass is 10.0. The van der Waals surface area contributed by atoms with Crippen LogP contribution < -0.4 is 10.3 Å². The molecule has 0 bridgehead atoms. The van der Waals surface area contributed by atoms with Gasteiger partial charge in [-0.1, -0.05) is 12.1 Å². The molecule has 136 valence electrons. The van der Waals surface area contributed by atoms with Crippen molar-refractivity contribution in [1.82, 2.24) is 0 Å². The van der Waals surface area contributed by atoms with Crippen molar-refractivity contribution in [3.05, 3.63) is 51.5 Å². The number of halogens is 3. The van der Waals surface area contributed by atoms with Crippen molar-refractivity contribution < 1.29 is 22.3 Å². The number of anilines is 1. The number of fused-ring (bicyclic) bond motifs is 1. The van der Waals surface area contributed by atoms with E-state index >= 15 is 0 Å². The van der Waals surface area contributed by atoms with Crippen LogP contribution in [-0.4, -0.2) is 26.3 Å². The van der Waals surface area contributed by atoms with Gasteiger partial charge in [-0.15, -0.1) is 11.3 Å². The van der Waals surface area contributed by atoms with Crippen molar-refractivity contribution in [3.8, 4) is 11.1 Å². The second kappa shape index (κ2) is 6.44. The topological polar surface area (TPSA) is 42.7 Å². The number of rotatable bonds is 2. The largest absolute Gasteiger partial charge is 0.439 e. The molecule has 8 heteroatoms. The molecule has 2 aromatic heterocycles. The summed E-state index contributed by atoms with van der Waals surface area (Å²) in [6, 6.07) is 6.46. The molecule has 0 amide bonds. The maximum atomic E-state index is 13.0. The Labute approximate surface area is 150 Å². The Hall–Kier alpha value is -2.32. The van der Waals surface area contributed by atoms with Crippen LogP contribution >= 0.6 is 11.3 Å². The quantitative estimate of drug-likeness (QED) is 0.661. The van der Waals surface area contributed by atoms with Gasteiger partial charge in [0.05, 0.1) is 18.8 Å². The van der Waals surface area contributed by atoms with Gasteiger partial charge in [0, 0.05) is 30.1 Å². The van der Waals surface area contributed by atoms with Crippen LogP contribution in [0.4, 0.5) is 19.1 Å². The first kappa shape index (κ1) is 17.1. The number of benzene rings is 1. The molecule has 1 aromatic carbocycles. The number of ether oxygens (including phenoxy) is 1. The summed E-state index contributed by atoms with van der Waals surface area (Å²) in [5.41, 5.74) is 0.247. The molecular formula is C18H14F3NO3S. The fourth-order valence-electron chi connectivity index (χ4n) is 2.93. The van der Waals surface area contributed by atoms with Gasteiger partial charge in [0.15, 0.2) is 11.5 Å². The highest BCUT2D eigenvalue weighted by Gasteiger charge is 2.30. The van der Waals surface area contributed by atoms with Crippen LogP contribution in [0.2, 0.25) is 0 Å². The molecule has 4 nitrogen and oxygen atoms in total. The van der Waals surface area contributed by atoms with Crippen LogP contribution in [0.1, 0.15) is 5.56 Å². The normalized spacial score (nSPS) is 15.6. The van der Waals surface area contributed by atoms with E-state index < -0.39 is 11.7 Å². The monoisotopic (exact) mass is 381 g/mol. The minimum absolute atomic E-state index is 0.198. The zero-order chi connectivity index (χ0) is 18.3.